The number of hydrogen-bond donors (Lipinski definition) is 1. The second-order valence-electron chi connectivity index (χ2n) is 6.60. The van der Waals surface area contributed by atoms with E-state index in [0.717, 1.165) is 5.82 Å². The molecule has 1 atom stereocenters. The molecule has 2 heterocycles. The van der Waals surface area contributed by atoms with Crippen LogP contribution in [-0.4, -0.2) is 52.8 Å². The monoisotopic (exact) mass is 327 g/mol. The summed E-state index contributed by atoms with van der Waals surface area (Å²) < 4.78 is 7.19. The third kappa shape index (κ3) is 4.19. The van der Waals surface area contributed by atoms with E-state index in [1.807, 2.05) is 34.7 Å². The van der Waals surface area contributed by atoms with E-state index in [1.54, 1.807) is 15.8 Å². The minimum Gasteiger partial charge on any atom is -0.870 e. The first-order valence-corrected chi connectivity index (χ1v) is 7.38. The number of amides is 1. The summed E-state index contributed by atoms with van der Waals surface area (Å²) in [4.78, 5) is 26.9. The Bertz CT molecular complexity index is 566. The van der Waals surface area contributed by atoms with Crippen LogP contribution in [0.2, 0.25) is 0 Å². The zero-order valence-corrected chi connectivity index (χ0v) is 14.2. The highest BCUT2D eigenvalue weighted by Gasteiger charge is 2.36. The van der Waals surface area contributed by atoms with Crippen molar-refractivity contribution in [2.24, 2.45) is 12.2 Å². The van der Waals surface area contributed by atoms with Crippen LogP contribution in [0.4, 0.5) is 16.3 Å². The van der Waals surface area contributed by atoms with Gasteiger partial charge in [0.05, 0.1) is 18.8 Å². The number of piperazine rings is 1. The van der Waals surface area contributed by atoms with Crippen LogP contribution >= 0.6 is 0 Å². The molecule has 1 amide bonds. The molecular formula is C14H25N5O4. The molecule has 23 heavy (non-hydrogen) atoms. The summed E-state index contributed by atoms with van der Waals surface area (Å²) in [6.45, 7) is 9.32. The van der Waals surface area contributed by atoms with Crippen molar-refractivity contribution in [2.75, 3.05) is 24.5 Å². The molecule has 1 saturated heterocycles. The zero-order valence-electron chi connectivity index (χ0n) is 14.2. The molecule has 1 aromatic rings. The topological polar surface area (TPSA) is 112 Å². The molecule has 0 spiro atoms. The van der Waals surface area contributed by atoms with Gasteiger partial charge in [0, 0.05) is 0 Å². The first kappa shape index (κ1) is 18.9. The van der Waals surface area contributed by atoms with Crippen LogP contribution in [0.3, 0.4) is 0 Å². The predicted molar refractivity (Wildman–Crippen MR) is 84.0 cm³/mol. The Morgan fingerprint density at radius 1 is 1.43 bits per heavy atom. The fourth-order valence-electron chi connectivity index (χ4n) is 2.64. The van der Waals surface area contributed by atoms with Gasteiger partial charge in [-0.15, -0.1) is 4.91 Å². The molecule has 0 radical (unpaired) electrons. The lowest BCUT2D eigenvalue weighted by molar-refractivity contribution is -0.714. The SMILES string of the molecule is CC1CN(c2c(N=O)c[nH][n+]2C)CCN1C(=O)OC(C)(C)C.[OH-]. The highest BCUT2D eigenvalue weighted by atomic mass is 16.6. The molecule has 9 nitrogen and oxygen atoms in total. The molecule has 0 aliphatic carbocycles. The average Bonchev–Trinajstić information content (AvgIpc) is 2.77. The number of ether oxygens (including phenoxy) is 1. The zero-order chi connectivity index (χ0) is 16.5. The molecule has 1 fully saturated rings. The Morgan fingerprint density at radius 3 is 2.61 bits per heavy atom. The number of aromatic nitrogens is 2. The van der Waals surface area contributed by atoms with Crippen molar-refractivity contribution in [3.8, 4) is 0 Å². The van der Waals surface area contributed by atoms with Gasteiger partial charge >= 0.3 is 11.9 Å². The fraction of sp³-hybridized carbons (Fsp3) is 0.714. The van der Waals surface area contributed by atoms with Crippen molar-refractivity contribution in [1.29, 1.82) is 0 Å². The fourth-order valence-corrected chi connectivity index (χ4v) is 2.64. The molecule has 0 saturated carbocycles. The number of carbonyl (C=O) groups excluding carboxylic acids is 1. The van der Waals surface area contributed by atoms with E-state index in [2.05, 4.69) is 15.2 Å². The molecule has 1 aliphatic rings. The van der Waals surface area contributed by atoms with Gasteiger partial charge in [-0.05, 0) is 32.9 Å². The number of carbonyl (C=O) groups is 1. The van der Waals surface area contributed by atoms with E-state index < -0.39 is 5.60 Å². The first-order chi connectivity index (χ1) is 10.2. The number of nitroso groups, excluding NO2 is 1. The Kier molecular flexibility index (Phi) is 5.70. The molecule has 1 unspecified atom stereocenters. The molecule has 2 rings (SSSR count). The van der Waals surface area contributed by atoms with Crippen molar-refractivity contribution >= 4 is 17.6 Å². The van der Waals surface area contributed by atoms with Crippen LogP contribution in [-0.2, 0) is 11.8 Å². The molecular weight excluding hydrogens is 302 g/mol. The Labute approximate surface area is 135 Å². The maximum atomic E-state index is 12.2. The summed E-state index contributed by atoms with van der Waals surface area (Å²) in [6, 6.07) is -0.0157. The van der Waals surface area contributed by atoms with Gasteiger partial charge in [-0.1, -0.05) is 0 Å². The molecule has 0 aromatic carbocycles. The van der Waals surface area contributed by atoms with E-state index in [-0.39, 0.29) is 17.6 Å². The van der Waals surface area contributed by atoms with Gasteiger partial charge < -0.3 is 10.2 Å². The largest absolute Gasteiger partial charge is 0.870 e. The maximum absolute atomic E-state index is 12.2. The third-order valence-electron chi connectivity index (χ3n) is 3.60. The molecule has 9 heteroatoms. The average molecular weight is 327 g/mol. The summed E-state index contributed by atoms with van der Waals surface area (Å²) in [7, 11) is 1.83. The summed E-state index contributed by atoms with van der Waals surface area (Å²) in [6.07, 6.45) is 1.28. The normalized spacial score (nSPS) is 18.4. The molecule has 0 bridgehead atoms. The van der Waals surface area contributed by atoms with Crippen molar-refractivity contribution in [3.63, 3.8) is 0 Å². The molecule has 2 N–H and O–H groups in total. The number of aryl methyl sites for hydroxylation is 1. The lowest BCUT2D eigenvalue weighted by atomic mass is 10.2. The van der Waals surface area contributed by atoms with Gasteiger partial charge in [0.15, 0.2) is 0 Å². The van der Waals surface area contributed by atoms with Crippen LogP contribution in [0.15, 0.2) is 11.4 Å². The van der Waals surface area contributed by atoms with Gasteiger partial charge in [-0.25, -0.2) is 9.89 Å². The second kappa shape index (κ2) is 6.95. The molecule has 1 aliphatic heterocycles. The number of rotatable bonds is 2. The van der Waals surface area contributed by atoms with Crippen LogP contribution < -0.4 is 9.58 Å². The van der Waals surface area contributed by atoms with E-state index in [9.17, 15) is 9.70 Å². The summed E-state index contributed by atoms with van der Waals surface area (Å²) >= 11 is 0. The minimum atomic E-state index is -0.504. The van der Waals surface area contributed by atoms with Crippen molar-refractivity contribution in [3.05, 3.63) is 11.1 Å². The first-order valence-electron chi connectivity index (χ1n) is 7.38. The number of H-pyrrole nitrogens is 1. The maximum Gasteiger partial charge on any atom is 0.410 e. The summed E-state index contributed by atoms with van der Waals surface area (Å²) in [5.74, 6) is 0.741. The van der Waals surface area contributed by atoms with Gasteiger partial charge in [0.25, 0.3) is 0 Å². The number of hydrogen-bond acceptors (Lipinski definition) is 6. The van der Waals surface area contributed by atoms with E-state index >= 15 is 0 Å². The van der Waals surface area contributed by atoms with Crippen LogP contribution in [0.1, 0.15) is 27.7 Å². The van der Waals surface area contributed by atoms with Crippen molar-refractivity contribution in [1.82, 2.24) is 10.00 Å². The van der Waals surface area contributed by atoms with E-state index in [0.29, 0.717) is 25.3 Å². The lowest BCUT2D eigenvalue weighted by Crippen LogP contribution is -2.57. The number of aromatic amines is 1. The highest BCUT2D eigenvalue weighted by Crippen LogP contribution is 2.26. The van der Waals surface area contributed by atoms with Gasteiger partial charge in [0.1, 0.15) is 25.7 Å². The smallest absolute Gasteiger partial charge is 0.410 e. The molecule has 130 valence electrons. The van der Waals surface area contributed by atoms with Crippen molar-refractivity contribution in [2.45, 2.75) is 39.3 Å². The van der Waals surface area contributed by atoms with Crippen LogP contribution in [0, 0.1) is 4.91 Å². The standard InChI is InChI=1S/C14H23N5O3.H2O/c1-10-9-18(12-11(16-21)8-15-17(12)5)6-7-19(10)13(20)22-14(2,3)4;/h8,10H,6-7,9H2,1-5H3;1H2. The minimum absolute atomic E-state index is 0. The van der Waals surface area contributed by atoms with Gasteiger partial charge in [-0.2, -0.15) is 4.68 Å². The Balaban J connectivity index is 0.00000264. The molecule has 1 aromatic heterocycles. The highest BCUT2D eigenvalue weighted by molar-refractivity contribution is 5.69. The van der Waals surface area contributed by atoms with Crippen molar-refractivity contribution < 1.29 is 19.7 Å². The number of anilines is 1. The quantitative estimate of drug-likeness (QED) is 0.653. The van der Waals surface area contributed by atoms with E-state index in [1.165, 1.54) is 0 Å². The number of nitrogens with one attached hydrogen (secondary N) is 1. The van der Waals surface area contributed by atoms with E-state index in [4.69, 9.17) is 4.74 Å². The van der Waals surface area contributed by atoms with Gasteiger partial charge in [-0.3, -0.25) is 9.80 Å². The Hall–Kier alpha value is -2.16. The van der Waals surface area contributed by atoms with Crippen LogP contribution in [0.25, 0.3) is 0 Å². The summed E-state index contributed by atoms with van der Waals surface area (Å²) in [5.41, 5.74) is -0.129. The third-order valence-corrected chi connectivity index (χ3v) is 3.60. The second-order valence-corrected chi connectivity index (χ2v) is 6.60. The number of nitrogens with zero attached hydrogens (tertiary/aromatic N) is 4. The predicted octanol–water partition coefficient (Wildman–Crippen LogP) is 1.51. The lowest BCUT2D eigenvalue weighted by Gasteiger charge is -2.37. The Morgan fingerprint density at radius 2 is 2.09 bits per heavy atom. The van der Waals surface area contributed by atoms with Gasteiger partial charge in [0.2, 0.25) is 5.69 Å². The summed E-state index contributed by atoms with van der Waals surface area (Å²) in [5, 5.41) is 5.99. The van der Waals surface area contributed by atoms with Crippen LogP contribution in [0.5, 0.6) is 0 Å².